The Kier molecular flexibility index (Phi) is 27.0. The fourth-order valence-electron chi connectivity index (χ4n) is 6.94. The third-order valence-electron chi connectivity index (χ3n) is 9.90. The number of rotatable bonds is 4. The van der Waals surface area contributed by atoms with E-state index in [9.17, 15) is 0 Å². The first-order chi connectivity index (χ1) is 27.1. The van der Waals surface area contributed by atoms with Gasteiger partial charge in [-0.3, -0.25) is 0 Å². The lowest BCUT2D eigenvalue weighted by Gasteiger charge is -2.10. The summed E-state index contributed by atoms with van der Waals surface area (Å²) in [6.07, 6.45) is 22.4. The van der Waals surface area contributed by atoms with E-state index in [-0.39, 0.29) is 7.43 Å². The summed E-state index contributed by atoms with van der Waals surface area (Å²) in [5.41, 5.74) is 17.6. The minimum atomic E-state index is 0. The lowest BCUT2D eigenvalue weighted by atomic mass is 9.94. The molecule has 0 unspecified atom stereocenters. The van der Waals surface area contributed by atoms with Crippen LogP contribution in [0.25, 0.3) is 24.3 Å². The number of hydrogen-bond donors (Lipinski definition) is 0. The maximum Gasteiger partial charge on any atom is -0.00853 e. The van der Waals surface area contributed by atoms with Gasteiger partial charge in [0, 0.05) is 0 Å². The minimum Gasteiger partial charge on any atom is -0.0795 e. The average molecular weight is 769 g/mol. The van der Waals surface area contributed by atoms with E-state index in [1.807, 2.05) is 55.4 Å². The lowest BCUT2D eigenvalue weighted by Crippen LogP contribution is -1.94. The van der Waals surface area contributed by atoms with Crippen molar-refractivity contribution in [2.75, 3.05) is 0 Å². The minimum absolute atomic E-state index is 0. The van der Waals surface area contributed by atoms with Crippen molar-refractivity contribution >= 4 is 24.3 Å². The number of fused-ring (bicyclic) bond motifs is 4. The summed E-state index contributed by atoms with van der Waals surface area (Å²) in [5.74, 6) is 2.59. The molecule has 0 saturated carbocycles. The van der Waals surface area contributed by atoms with Crippen LogP contribution in [0.1, 0.15) is 209 Å². The molecule has 0 heteroatoms. The number of hydrogen-bond acceptors (Lipinski definition) is 0. The fourth-order valence-corrected chi connectivity index (χ4v) is 6.94. The van der Waals surface area contributed by atoms with Crippen LogP contribution in [0, 0.1) is 0 Å². The van der Waals surface area contributed by atoms with Gasteiger partial charge in [0.25, 0.3) is 0 Å². The molecule has 0 saturated heterocycles. The number of allylic oxidation sites excluding steroid dienone is 4. The summed E-state index contributed by atoms with van der Waals surface area (Å²) in [6.45, 7) is 34.0. The van der Waals surface area contributed by atoms with E-state index < -0.39 is 0 Å². The van der Waals surface area contributed by atoms with Crippen LogP contribution < -0.4 is 0 Å². The van der Waals surface area contributed by atoms with Crippen molar-refractivity contribution in [3.05, 3.63) is 164 Å². The number of benzene rings is 4. The Balaban J connectivity index is 0.000000688. The van der Waals surface area contributed by atoms with Gasteiger partial charge in [0.15, 0.2) is 0 Å². The van der Waals surface area contributed by atoms with E-state index in [0.29, 0.717) is 23.7 Å². The van der Waals surface area contributed by atoms with Crippen molar-refractivity contribution in [2.24, 2.45) is 0 Å². The molecule has 0 radical (unpaired) electrons. The highest BCUT2D eigenvalue weighted by atomic mass is 14.2. The topological polar surface area (TPSA) is 0 Å². The highest BCUT2D eigenvalue weighted by molar-refractivity contribution is 5.65. The second-order valence-corrected chi connectivity index (χ2v) is 14.8. The molecule has 4 aromatic rings. The summed E-state index contributed by atoms with van der Waals surface area (Å²) >= 11 is 0. The molecule has 4 aromatic carbocycles. The Morgan fingerprint density at radius 3 is 1.46 bits per heavy atom. The summed E-state index contributed by atoms with van der Waals surface area (Å²) in [5, 5.41) is 0. The molecule has 0 N–H and O–H groups in total. The van der Waals surface area contributed by atoms with Gasteiger partial charge in [-0.05, 0) is 116 Å². The molecule has 0 heterocycles. The Bertz CT molecular complexity index is 1820. The quantitative estimate of drug-likeness (QED) is 0.194. The molecule has 0 atom stereocenters. The van der Waals surface area contributed by atoms with Crippen molar-refractivity contribution < 1.29 is 0 Å². The van der Waals surface area contributed by atoms with Gasteiger partial charge >= 0.3 is 0 Å². The Morgan fingerprint density at radius 2 is 0.842 bits per heavy atom. The van der Waals surface area contributed by atoms with Crippen LogP contribution in [0.2, 0.25) is 0 Å². The Morgan fingerprint density at radius 1 is 0.368 bits per heavy atom. The molecular formula is C57H84. The van der Waals surface area contributed by atoms with Crippen molar-refractivity contribution in [1.82, 2.24) is 0 Å². The van der Waals surface area contributed by atoms with Crippen LogP contribution in [0.3, 0.4) is 0 Å². The van der Waals surface area contributed by atoms with Gasteiger partial charge in [-0.15, -0.1) is 0 Å². The molecule has 4 aliphatic carbocycles. The molecule has 4 aliphatic rings. The van der Waals surface area contributed by atoms with Gasteiger partial charge in [-0.2, -0.15) is 0 Å². The van der Waals surface area contributed by atoms with Crippen LogP contribution in [0.4, 0.5) is 0 Å². The Labute approximate surface area is 354 Å². The smallest absolute Gasteiger partial charge is 0.00853 e. The zero-order valence-corrected chi connectivity index (χ0v) is 38.7. The van der Waals surface area contributed by atoms with Crippen LogP contribution in [0.15, 0.2) is 97.1 Å². The van der Waals surface area contributed by atoms with E-state index >= 15 is 0 Å². The van der Waals surface area contributed by atoms with E-state index in [2.05, 4.69) is 177 Å². The largest absolute Gasteiger partial charge is 0.0795 e. The maximum absolute atomic E-state index is 2.33. The predicted molar refractivity (Wildman–Crippen MR) is 265 cm³/mol. The first kappa shape index (κ1) is 52.8. The van der Waals surface area contributed by atoms with Gasteiger partial charge in [0.05, 0.1) is 0 Å². The molecular weight excluding hydrogens is 685 g/mol. The first-order valence-corrected chi connectivity index (χ1v) is 22.3. The molecule has 0 amide bonds. The molecule has 312 valence electrons. The first-order valence-electron chi connectivity index (χ1n) is 22.3. The zero-order valence-electron chi connectivity index (χ0n) is 38.7. The predicted octanol–water partition coefficient (Wildman–Crippen LogP) is 18.3. The van der Waals surface area contributed by atoms with Gasteiger partial charge in [0.1, 0.15) is 0 Å². The van der Waals surface area contributed by atoms with Crippen molar-refractivity contribution in [2.45, 2.75) is 168 Å². The highest BCUT2D eigenvalue weighted by Gasteiger charge is 2.12. The summed E-state index contributed by atoms with van der Waals surface area (Å²) in [7, 11) is 0. The molecule has 0 aliphatic heterocycles. The molecule has 0 bridgehead atoms. The summed E-state index contributed by atoms with van der Waals surface area (Å²) < 4.78 is 0. The maximum atomic E-state index is 2.33. The molecule has 57 heavy (non-hydrogen) atoms. The third-order valence-corrected chi connectivity index (χ3v) is 9.90. The SMILES string of the molecule is C.CC.CC.CC.CC.CC(C)c1ccc2c(c1)C=CC2.CC(C)c1ccc2c(c1)CC=C2.CC(C)c1cccc2c1C=CC2.CC(C)c1cccc2c1CC=C2. The second kappa shape index (κ2) is 29.1. The van der Waals surface area contributed by atoms with Crippen LogP contribution in [-0.2, 0) is 25.7 Å². The van der Waals surface area contributed by atoms with Gasteiger partial charge in [0.2, 0.25) is 0 Å². The van der Waals surface area contributed by atoms with Crippen LogP contribution in [-0.4, -0.2) is 0 Å². The molecule has 8 rings (SSSR count). The van der Waals surface area contributed by atoms with Crippen molar-refractivity contribution in [3.8, 4) is 0 Å². The van der Waals surface area contributed by atoms with E-state index in [4.69, 9.17) is 0 Å². The molecule has 0 aromatic heterocycles. The average Bonchev–Trinajstić information content (AvgIpc) is 4.08. The van der Waals surface area contributed by atoms with Crippen LogP contribution >= 0.6 is 0 Å². The van der Waals surface area contributed by atoms with Crippen molar-refractivity contribution in [3.63, 3.8) is 0 Å². The van der Waals surface area contributed by atoms with Gasteiger partial charge in [-0.1, -0.05) is 240 Å². The normalized spacial score (nSPS) is 12.1. The fraction of sp³-hybridized carbons (Fsp3) is 0.439. The monoisotopic (exact) mass is 769 g/mol. The lowest BCUT2D eigenvalue weighted by molar-refractivity contribution is 0.851. The molecule has 0 spiro atoms. The second-order valence-electron chi connectivity index (χ2n) is 14.8. The van der Waals surface area contributed by atoms with E-state index in [1.165, 1.54) is 66.8 Å². The Hall–Kier alpha value is -4.16. The van der Waals surface area contributed by atoms with Gasteiger partial charge < -0.3 is 0 Å². The van der Waals surface area contributed by atoms with Crippen LogP contribution in [0.5, 0.6) is 0 Å². The van der Waals surface area contributed by atoms with Crippen molar-refractivity contribution in [1.29, 1.82) is 0 Å². The van der Waals surface area contributed by atoms with Gasteiger partial charge in [-0.25, -0.2) is 0 Å². The zero-order chi connectivity index (χ0) is 42.2. The highest BCUT2D eigenvalue weighted by Crippen LogP contribution is 2.29. The summed E-state index contributed by atoms with van der Waals surface area (Å²) in [6, 6.07) is 26.8. The van der Waals surface area contributed by atoms with E-state index in [0.717, 1.165) is 25.7 Å². The van der Waals surface area contributed by atoms with E-state index in [1.54, 1.807) is 0 Å². The molecule has 0 fully saturated rings. The standard InChI is InChI=1S/4C12H14.4C2H6.CH4/c2*1-9(2)11-7-3-5-10-6-4-8-12(10)11;2*1-9(2)11-7-6-10-4-3-5-12(10)8-11;4*1-2;/h3-5,7-9H,6H2,1-2H3;3-7,9H,8H2,1-2H3;3,5-9H,4H2,1-2H3;3-4,6-9H,5H2,1-2H3;4*1-2H3;1H4. The molecule has 0 nitrogen and oxygen atoms in total. The third kappa shape index (κ3) is 16.0. The summed E-state index contributed by atoms with van der Waals surface area (Å²) in [4.78, 5) is 0.